The zero-order valence-electron chi connectivity index (χ0n) is 11.5. The zero-order chi connectivity index (χ0) is 16.2. The Hall–Kier alpha value is -2.39. The Morgan fingerprint density at radius 2 is 1.95 bits per heavy atom. The van der Waals surface area contributed by atoms with Gasteiger partial charge in [-0.3, -0.25) is 23.9 Å². The van der Waals surface area contributed by atoms with Crippen molar-refractivity contribution in [3.05, 3.63) is 52.3 Å². The van der Waals surface area contributed by atoms with Gasteiger partial charge < -0.3 is 5.32 Å². The van der Waals surface area contributed by atoms with E-state index in [0.29, 0.717) is 5.56 Å². The summed E-state index contributed by atoms with van der Waals surface area (Å²) >= 11 is 0. The molecule has 1 aromatic heterocycles. The number of amides is 1. The first kappa shape index (κ1) is 16.0. The Morgan fingerprint density at radius 1 is 1.27 bits per heavy atom. The summed E-state index contributed by atoms with van der Waals surface area (Å²) in [6.45, 7) is 0.0832. The van der Waals surface area contributed by atoms with Crippen molar-refractivity contribution in [2.24, 2.45) is 0 Å². The van der Waals surface area contributed by atoms with E-state index in [0.717, 1.165) is 4.68 Å². The molecule has 0 radical (unpaired) electrons. The van der Waals surface area contributed by atoms with E-state index in [4.69, 9.17) is 4.55 Å². The van der Waals surface area contributed by atoms with Crippen molar-refractivity contribution in [3.63, 3.8) is 0 Å². The second-order valence-corrected chi connectivity index (χ2v) is 6.19. The van der Waals surface area contributed by atoms with Gasteiger partial charge in [-0.2, -0.15) is 8.42 Å². The molecular weight excluding hydrogens is 310 g/mol. The molecule has 0 bridgehead atoms. The van der Waals surface area contributed by atoms with Crippen molar-refractivity contribution in [2.45, 2.75) is 13.0 Å². The highest BCUT2D eigenvalue weighted by molar-refractivity contribution is 7.85. The summed E-state index contributed by atoms with van der Waals surface area (Å²) in [4.78, 5) is 23.6. The van der Waals surface area contributed by atoms with Crippen LogP contribution >= 0.6 is 0 Å². The van der Waals surface area contributed by atoms with Crippen LogP contribution in [-0.2, 0) is 16.7 Å². The van der Waals surface area contributed by atoms with Crippen LogP contribution in [-0.4, -0.2) is 34.4 Å². The second kappa shape index (κ2) is 6.58. The van der Waals surface area contributed by atoms with Crippen LogP contribution in [0.5, 0.6) is 0 Å². The van der Waals surface area contributed by atoms with Crippen LogP contribution in [0.25, 0.3) is 0 Å². The standard InChI is InChI=1S/C13H15N3O5S/c17-12-9-11(14-13(18)10-5-2-1-3-6-10)15-16(12)7-4-8-22(19,20)21/h1-3,5-6,9,15H,4,7-8H2,(H,14,18)(H,19,20,21). The van der Waals surface area contributed by atoms with Gasteiger partial charge in [0, 0.05) is 18.2 Å². The van der Waals surface area contributed by atoms with Crippen molar-refractivity contribution < 1.29 is 17.8 Å². The molecule has 2 rings (SSSR count). The maximum absolute atomic E-state index is 11.9. The number of nitrogens with one attached hydrogen (secondary N) is 2. The number of hydrogen-bond donors (Lipinski definition) is 3. The third-order valence-electron chi connectivity index (χ3n) is 2.86. The Balaban J connectivity index is 2.01. The fraction of sp³-hybridized carbons (Fsp3) is 0.231. The van der Waals surface area contributed by atoms with Crippen molar-refractivity contribution in [3.8, 4) is 0 Å². The fourth-order valence-electron chi connectivity index (χ4n) is 1.85. The van der Waals surface area contributed by atoms with E-state index in [1.807, 2.05) is 0 Å². The molecule has 0 fully saturated rings. The molecule has 1 amide bonds. The van der Waals surface area contributed by atoms with E-state index < -0.39 is 21.4 Å². The summed E-state index contributed by atoms with van der Waals surface area (Å²) in [5.41, 5.74) is 0.0428. The van der Waals surface area contributed by atoms with Crippen molar-refractivity contribution in [2.75, 3.05) is 11.1 Å². The number of aryl methyl sites for hydroxylation is 1. The number of carbonyl (C=O) groups excluding carboxylic acids is 1. The van der Waals surface area contributed by atoms with E-state index in [9.17, 15) is 18.0 Å². The molecule has 0 unspecified atom stereocenters. The third-order valence-corrected chi connectivity index (χ3v) is 3.66. The van der Waals surface area contributed by atoms with E-state index in [-0.39, 0.29) is 24.7 Å². The highest BCUT2D eigenvalue weighted by Gasteiger charge is 2.10. The minimum absolute atomic E-state index is 0.0747. The first-order chi connectivity index (χ1) is 10.3. The Kier molecular flexibility index (Phi) is 4.78. The number of hydrogen-bond acceptors (Lipinski definition) is 4. The van der Waals surface area contributed by atoms with Crippen molar-refractivity contribution in [1.29, 1.82) is 0 Å². The van der Waals surface area contributed by atoms with Gasteiger partial charge in [0.2, 0.25) is 0 Å². The van der Waals surface area contributed by atoms with E-state index in [1.54, 1.807) is 30.3 Å². The van der Waals surface area contributed by atoms with Crippen LogP contribution in [0.4, 0.5) is 5.82 Å². The lowest BCUT2D eigenvalue weighted by Crippen LogP contribution is -2.18. The van der Waals surface area contributed by atoms with E-state index in [1.165, 1.54) is 6.07 Å². The van der Waals surface area contributed by atoms with Gasteiger partial charge in [0.25, 0.3) is 21.6 Å². The molecule has 1 heterocycles. The second-order valence-electron chi connectivity index (χ2n) is 4.62. The first-order valence-corrected chi connectivity index (χ1v) is 8.07. The van der Waals surface area contributed by atoms with Gasteiger partial charge in [-0.1, -0.05) is 18.2 Å². The molecule has 0 aliphatic heterocycles. The number of H-pyrrole nitrogens is 1. The summed E-state index contributed by atoms with van der Waals surface area (Å²) in [5, 5.41) is 5.21. The summed E-state index contributed by atoms with van der Waals surface area (Å²) < 4.78 is 31.0. The fourth-order valence-corrected chi connectivity index (χ4v) is 2.35. The largest absolute Gasteiger partial charge is 0.307 e. The molecule has 0 saturated heterocycles. The molecule has 2 aromatic rings. The lowest BCUT2D eigenvalue weighted by Gasteiger charge is -2.03. The zero-order valence-corrected chi connectivity index (χ0v) is 12.3. The molecule has 3 N–H and O–H groups in total. The molecular formula is C13H15N3O5S. The van der Waals surface area contributed by atoms with E-state index >= 15 is 0 Å². The number of rotatable bonds is 6. The van der Waals surface area contributed by atoms with Crippen LogP contribution in [0.15, 0.2) is 41.2 Å². The van der Waals surface area contributed by atoms with Crippen LogP contribution in [0.3, 0.4) is 0 Å². The Morgan fingerprint density at radius 3 is 2.59 bits per heavy atom. The van der Waals surface area contributed by atoms with E-state index in [2.05, 4.69) is 10.4 Å². The van der Waals surface area contributed by atoms with Gasteiger partial charge >= 0.3 is 0 Å². The highest BCUT2D eigenvalue weighted by atomic mass is 32.2. The number of aromatic nitrogens is 2. The van der Waals surface area contributed by atoms with Crippen LogP contribution in [0, 0.1) is 0 Å². The van der Waals surface area contributed by atoms with Crippen LogP contribution < -0.4 is 10.9 Å². The van der Waals surface area contributed by atoms with Gasteiger partial charge in [0.05, 0.1) is 5.75 Å². The van der Waals surface area contributed by atoms with Gasteiger partial charge in [0.1, 0.15) is 5.82 Å². The quantitative estimate of drug-likeness (QED) is 0.675. The lowest BCUT2D eigenvalue weighted by molar-refractivity contribution is 0.102. The van der Waals surface area contributed by atoms with Gasteiger partial charge in [-0.25, -0.2) is 0 Å². The minimum atomic E-state index is -4.05. The normalized spacial score (nSPS) is 11.3. The third kappa shape index (κ3) is 4.57. The SMILES string of the molecule is O=C(Nc1cc(=O)n(CCCS(=O)(=O)O)[nH]1)c1ccccc1. The van der Waals surface area contributed by atoms with Gasteiger partial charge in [-0.15, -0.1) is 0 Å². The molecule has 1 aromatic carbocycles. The number of nitrogens with zero attached hydrogens (tertiary/aromatic N) is 1. The first-order valence-electron chi connectivity index (χ1n) is 6.46. The average Bonchev–Trinajstić information content (AvgIpc) is 2.78. The summed E-state index contributed by atoms with van der Waals surface area (Å²) in [5.74, 6) is -0.595. The Bertz CT molecular complexity index is 808. The maximum Gasteiger partial charge on any atom is 0.268 e. The van der Waals surface area contributed by atoms with Crippen LogP contribution in [0.2, 0.25) is 0 Å². The molecule has 0 spiro atoms. The number of anilines is 1. The van der Waals surface area contributed by atoms with Gasteiger partial charge in [0.15, 0.2) is 0 Å². The molecule has 0 saturated carbocycles. The number of aromatic amines is 1. The van der Waals surface area contributed by atoms with Crippen LogP contribution in [0.1, 0.15) is 16.8 Å². The highest BCUT2D eigenvalue weighted by Crippen LogP contribution is 2.04. The molecule has 8 nitrogen and oxygen atoms in total. The molecule has 0 aliphatic carbocycles. The summed E-state index contributed by atoms with van der Waals surface area (Å²) in [7, 11) is -4.05. The van der Waals surface area contributed by atoms with Crippen molar-refractivity contribution >= 4 is 21.8 Å². The molecule has 118 valence electrons. The molecule has 0 aliphatic rings. The number of benzene rings is 1. The minimum Gasteiger partial charge on any atom is -0.307 e. The number of carbonyl (C=O) groups is 1. The van der Waals surface area contributed by atoms with Gasteiger partial charge in [-0.05, 0) is 18.6 Å². The summed E-state index contributed by atoms with van der Waals surface area (Å²) in [6.07, 6.45) is 0.0747. The average molecular weight is 325 g/mol. The predicted molar refractivity (Wildman–Crippen MR) is 80.5 cm³/mol. The molecule has 0 atom stereocenters. The maximum atomic E-state index is 11.9. The molecule has 9 heteroatoms. The monoisotopic (exact) mass is 325 g/mol. The molecule has 22 heavy (non-hydrogen) atoms. The summed E-state index contributed by atoms with van der Waals surface area (Å²) in [6, 6.07) is 9.70. The van der Waals surface area contributed by atoms with Crippen molar-refractivity contribution in [1.82, 2.24) is 9.78 Å². The topological polar surface area (TPSA) is 121 Å². The predicted octanol–water partition coefficient (Wildman–Crippen LogP) is 0.707. The lowest BCUT2D eigenvalue weighted by atomic mass is 10.2. The smallest absolute Gasteiger partial charge is 0.268 e. The Labute approximate surface area is 126 Å².